The van der Waals surface area contributed by atoms with Crippen molar-refractivity contribution >= 4 is 27.3 Å². The summed E-state index contributed by atoms with van der Waals surface area (Å²) in [7, 11) is -0.624. The maximum atomic E-state index is 11.9. The average Bonchev–Trinajstić information content (AvgIpc) is 2.37. The summed E-state index contributed by atoms with van der Waals surface area (Å²) < 4.78 is 23.5. The molecule has 0 bridgehead atoms. The molecule has 0 aliphatic heterocycles. The molecule has 0 heterocycles. The molecule has 0 unspecified atom stereocenters. The molecule has 0 radical (unpaired) electrons. The number of amides is 1. The molecule has 0 spiro atoms. The number of likely N-dealkylation sites (N-methyl/N-ethyl adjacent to an activating group) is 1. The summed E-state index contributed by atoms with van der Waals surface area (Å²) >= 11 is 0. The summed E-state index contributed by atoms with van der Waals surface area (Å²) in [6.07, 6.45) is 0.759. The smallest absolute Gasteiger partial charge is 0.241 e. The molecule has 0 aromatic heterocycles. The van der Waals surface area contributed by atoms with Crippen LogP contribution < -0.4 is 15.8 Å². The fourth-order valence-corrected chi connectivity index (χ4v) is 2.67. The number of hydrogen-bond donors (Lipinski definition) is 2. The Labute approximate surface area is 125 Å². The number of carbonyl (C=O) groups excluding carboxylic acids is 1. The number of hydrogen-bond acceptors (Lipinski definition) is 5. The average molecular weight is 314 g/mol. The number of nitrogen functional groups attached to an aromatic ring is 1. The van der Waals surface area contributed by atoms with Gasteiger partial charge in [0.05, 0.1) is 12.2 Å². The molecule has 0 fully saturated rings. The van der Waals surface area contributed by atoms with Gasteiger partial charge in [0.25, 0.3) is 0 Å². The highest BCUT2D eigenvalue weighted by Crippen LogP contribution is 2.26. The molecule has 8 heteroatoms. The van der Waals surface area contributed by atoms with E-state index >= 15 is 0 Å². The van der Waals surface area contributed by atoms with Crippen molar-refractivity contribution in [1.82, 2.24) is 4.90 Å². The van der Waals surface area contributed by atoms with Gasteiger partial charge in [-0.1, -0.05) is 6.92 Å². The Bertz CT molecular complexity index is 614. The molecule has 0 aliphatic rings. The summed E-state index contributed by atoms with van der Waals surface area (Å²) in [5.41, 5.74) is 6.33. The Hall–Kier alpha value is -1.80. The first-order valence-electron chi connectivity index (χ1n) is 6.54. The number of rotatable bonds is 6. The molecule has 0 saturated carbocycles. The van der Waals surface area contributed by atoms with Gasteiger partial charge in [-0.15, -0.1) is 0 Å². The minimum Gasteiger partial charge on any atom is -0.399 e. The van der Waals surface area contributed by atoms with Crippen LogP contribution in [-0.4, -0.2) is 46.4 Å². The number of primary sulfonamides is 1. The van der Waals surface area contributed by atoms with Crippen LogP contribution in [0.15, 0.2) is 23.1 Å². The lowest BCUT2D eigenvalue weighted by Crippen LogP contribution is -2.38. The van der Waals surface area contributed by atoms with Crippen LogP contribution >= 0.6 is 0 Å². The van der Waals surface area contributed by atoms with E-state index in [0.29, 0.717) is 17.9 Å². The van der Waals surface area contributed by atoms with Crippen LogP contribution in [0.25, 0.3) is 0 Å². The van der Waals surface area contributed by atoms with E-state index in [9.17, 15) is 13.2 Å². The molecule has 7 nitrogen and oxygen atoms in total. The minimum atomic E-state index is -3.92. The van der Waals surface area contributed by atoms with Crippen molar-refractivity contribution in [3.63, 3.8) is 0 Å². The predicted octanol–water partition coefficient (Wildman–Crippen LogP) is 0.221. The lowest BCUT2D eigenvalue weighted by Gasteiger charge is -2.27. The molecule has 1 rings (SSSR count). The Kier molecular flexibility index (Phi) is 5.56. The number of benzene rings is 1. The zero-order chi connectivity index (χ0) is 16.2. The van der Waals surface area contributed by atoms with Crippen molar-refractivity contribution < 1.29 is 13.2 Å². The van der Waals surface area contributed by atoms with Gasteiger partial charge >= 0.3 is 0 Å². The molecule has 21 heavy (non-hydrogen) atoms. The van der Waals surface area contributed by atoms with Gasteiger partial charge in [-0.05, 0) is 24.6 Å². The second-order valence-corrected chi connectivity index (χ2v) is 6.51. The standard InChI is InChI=1S/C13H22N4O3S/c1-4-7-17(9-13(18)16(2)3)11-6-5-10(14)8-12(11)21(15,19)20/h5-6,8H,4,7,9,14H2,1-3H3,(H2,15,19,20). The maximum absolute atomic E-state index is 11.9. The van der Waals surface area contributed by atoms with E-state index in [1.165, 1.54) is 11.0 Å². The van der Waals surface area contributed by atoms with Crippen LogP contribution in [0.2, 0.25) is 0 Å². The van der Waals surface area contributed by atoms with E-state index in [1.807, 2.05) is 6.92 Å². The highest BCUT2D eigenvalue weighted by Gasteiger charge is 2.21. The zero-order valence-corrected chi connectivity index (χ0v) is 13.4. The van der Waals surface area contributed by atoms with E-state index in [1.54, 1.807) is 31.1 Å². The fourth-order valence-electron chi connectivity index (χ4n) is 1.88. The van der Waals surface area contributed by atoms with Crippen molar-refractivity contribution in [3.8, 4) is 0 Å². The van der Waals surface area contributed by atoms with Gasteiger partial charge in [0.1, 0.15) is 4.90 Å². The van der Waals surface area contributed by atoms with Gasteiger partial charge in [0.2, 0.25) is 15.9 Å². The van der Waals surface area contributed by atoms with Gasteiger partial charge in [0.15, 0.2) is 0 Å². The Morgan fingerprint density at radius 1 is 1.29 bits per heavy atom. The number of nitrogens with zero attached hydrogens (tertiary/aromatic N) is 2. The lowest BCUT2D eigenvalue weighted by atomic mass is 10.2. The topological polar surface area (TPSA) is 110 Å². The quantitative estimate of drug-likeness (QED) is 0.730. The van der Waals surface area contributed by atoms with Crippen molar-refractivity contribution in [1.29, 1.82) is 0 Å². The second kappa shape index (κ2) is 6.77. The largest absolute Gasteiger partial charge is 0.399 e. The number of carbonyl (C=O) groups is 1. The van der Waals surface area contributed by atoms with Crippen LogP contribution in [0, 0.1) is 0 Å². The molecule has 1 aromatic rings. The molecule has 1 amide bonds. The van der Waals surface area contributed by atoms with Crippen molar-refractivity contribution in [3.05, 3.63) is 18.2 Å². The summed E-state index contributed by atoms with van der Waals surface area (Å²) in [4.78, 5) is 15.0. The fraction of sp³-hybridized carbons (Fsp3) is 0.462. The zero-order valence-electron chi connectivity index (χ0n) is 12.5. The summed E-state index contributed by atoms with van der Waals surface area (Å²) in [5.74, 6) is -0.124. The molecule has 118 valence electrons. The Morgan fingerprint density at radius 2 is 1.90 bits per heavy atom. The summed E-state index contributed by atoms with van der Waals surface area (Å²) in [6, 6.07) is 4.48. The number of sulfonamides is 1. The van der Waals surface area contributed by atoms with E-state index in [2.05, 4.69) is 0 Å². The second-order valence-electron chi connectivity index (χ2n) is 4.98. The van der Waals surface area contributed by atoms with Gasteiger partial charge in [-0.2, -0.15) is 0 Å². The van der Waals surface area contributed by atoms with E-state index in [0.717, 1.165) is 6.42 Å². The third-order valence-corrected chi connectivity index (χ3v) is 3.89. The van der Waals surface area contributed by atoms with E-state index in [4.69, 9.17) is 10.9 Å². The summed E-state index contributed by atoms with van der Waals surface area (Å²) in [6.45, 7) is 2.56. The Balaban J connectivity index is 3.28. The highest BCUT2D eigenvalue weighted by molar-refractivity contribution is 7.89. The normalized spacial score (nSPS) is 11.2. The first-order chi connectivity index (χ1) is 9.66. The SMILES string of the molecule is CCCN(CC(=O)N(C)C)c1ccc(N)cc1S(N)(=O)=O. The number of anilines is 2. The molecular weight excluding hydrogens is 292 g/mol. The highest BCUT2D eigenvalue weighted by atomic mass is 32.2. The summed E-state index contributed by atoms with van der Waals surface area (Å²) in [5, 5.41) is 5.25. The van der Waals surface area contributed by atoms with E-state index < -0.39 is 10.0 Å². The predicted molar refractivity (Wildman–Crippen MR) is 83.4 cm³/mol. The van der Waals surface area contributed by atoms with Gasteiger partial charge in [-0.25, -0.2) is 13.6 Å². The maximum Gasteiger partial charge on any atom is 0.241 e. The van der Waals surface area contributed by atoms with Crippen molar-refractivity contribution in [2.75, 3.05) is 37.8 Å². The monoisotopic (exact) mass is 314 g/mol. The number of nitrogens with two attached hydrogens (primary N) is 2. The first kappa shape index (κ1) is 17.3. The molecular formula is C13H22N4O3S. The molecule has 0 saturated heterocycles. The third-order valence-electron chi connectivity index (χ3n) is 2.95. The van der Waals surface area contributed by atoms with Crippen molar-refractivity contribution in [2.24, 2.45) is 5.14 Å². The van der Waals surface area contributed by atoms with Gasteiger partial charge in [0, 0.05) is 26.3 Å². The molecule has 4 N–H and O–H groups in total. The molecule has 0 aliphatic carbocycles. The third kappa shape index (κ3) is 4.61. The Morgan fingerprint density at radius 3 is 2.38 bits per heavy atom. The first-order valence-corrected chi connectivity index (χ1v) is 8.09. The molecule has 1 aromatic carbocycles. The van der Waals surface area contributed by atoms with Gasteiger partial charge in [-0.3, -0.25) is 4.79 Å². The molecule has 0 atom stereocenters. The van der Waals surface area contributed by atoms with Crippen LogP contribution in [-0.2, 0) is 14.8 Å². The van der Waals surface area contributed by atoms with Gasteiger partial charge < -0.3 is 15.5 Å². The minimum absolute atomic E-state index is 0.0671. The van der Waals surface area contributed by atoms with Crippen molar-refractivity contribution in [2.45, 2.75) is 18.2 Å². The lowest BCUT2D eigenvalue weighted by molar-refractivity contribution is -0.127. The van der Waals surface area contributed by atoms with Crippen LogP contribution in [0.4, 0.5) is 11.4 Å². The van der Waals surface area contributed by atoms with E-state index in [-0.39, 0.29) is 17.3 Å². The van der Waals surface area contributed by atoms with Crippen LogP contribution in [0.1, 0.15) is 13.3 Å². The van der Waals surface area contributed by atoms with Crippen LogP contribution in [0.3, 0.4) is 0 Å². The van der Waals surface area contributed by atoms with Crippen LogP contribution in [0.5, 0.6) is 0 Å².